The highest BCUT2D eigenvalue weighted by atomic mass is 19.1. The first-order valence-corrected chi connectivity index (χ1v) is 5.70. The zero-order valence-corrected chi connectivity index (χ0v) is 9.76. The van der Waals surface area contributed by atoms with Crippen LogP contribution in [0.15, 0.2) is 12.1 Å². The Kier molecular flexibility index (Phi) is 4.87. The lowest BCUT2D eigenvalue weighted by atomic mass is 10.00. The van der Waals surface area contributed by atoms with E-state index < -0.39 is 17.7 Å². The van der Waals surface area contributed by atoms with Gasteiger partial charge in [0.05, 0.1) is 11.7 Å². The molecular weight excluding hydrogens is 210 g/mol. The average molecular weight is 228 g/mol. The van der Waals surface area contributed by atoms with Gasteiger partial charge in [0.25, 0.3) is 0 Å². The zero-order valence-electron chi connectivity index (χ0n) is 9.76. The van der Waals surface area contributed by atoms with Crippen LogP contribution in [0.1, 0.15) is 49.8 Å². The van der Waals surface area contributed by atoms with Crippen molar-refractivity contribution in [1.29, 1.82) is 0 Å². The van der Waals surface area contributed by atoms with E-state index in [4.69, 9.17) is 0 Å². The number of aliphatic hydroxyl groups excluding tert-OH is 1. The maximum atomic E-state index is 13.6. The van der Waals surface area contributed by atoms with Gasteiger partial charge in [0, 0.05) is 0 Å². The van der Waals surface area contributed by atoms with Crippen molar-refractivity contribution in [3.8, 4) is 0 Å². The normalized spacial score (nSPS) is 12.8. The summed E-state index contributed by atoms with van der Waals surface area (Å²) in [5.41, 5.74) is 0.182. The Morgan fingerprint density at radius 1 is 1.25 bits per heavy atom. The lowest BCUT2D eigenvalue weighted by Gasteiger charge is -2.13. The van der Waals surface area contributed by atoms with Crippen molar-refractivity contribution in [1.82, 2.24) is 0 Å². The average Bonchev–Trinajstić information content (AvgIpc) is 2.24. The van der Waals surface area contributed by atoms with Crippen LogP contribution >= 0.6 is 0 Å². The summed E-state index contributed by atoms with van der Waals surface area (Å²) in [5.74, 6) is -1.28. The minimum absolute atomic E-state index is 0.184. The van der Waals surface area contributed by atoms with Crippen LogP contribution in [-0.2, 0) is 0 Å². The summed E-state index contributed by atoms with van der Waals surface area (Å²) in [5, 5.41) is 9.75. The summed E-state index contributed by atoms with van der Waals surface area (Å²) >= 11 is 0. The molecule has 0 aliphatic carbocycles. The van der Waals surface area contributed by atoms with E-state index in [0.717, 1.165) is 19.3 Å². The van der Waals surface area contributed by atoms with Crippen LogP contribution in [0.2, 0.25) is 0 Å². The summed E-state index contributed by atoms with van der Waals surface area (Å²) in [4.78, 5) is 0. The molecule has 1 N–H and O–H groups in total. The van der Waals surface area contributed by atoms with Crippen LogP contribution in [0.3, 0.4) is 0 Å². The molecule has 1 atom stereocenters. The third-order valence-electron chi connectivity index (χ3n) is 2.73. The number of aliphatic hydroxyl groups is 1. The van der Waals surface area contributed by atoms with Crippen molar-refractivity contribution >= 4 is 0 Å². The van der Waals surface area contributed by atoms with E-state index in [0.29, 0.717) is 12.0 Å². The third-order valence-corrected chi connectivity index (χ3v) is 2.73. The maximum Gasteiger partial charge on any atom is 0.134 e. The van der Waals surface area contributed by atoms with Gasteiger partial charge in [-0.2, -0.15) is 0 Å². The van der Waals surface area contributed by atoms with Gasteiger partial charge in [-0.3, -0.25) is 0 Å². The van der Waals surface area contributed by atoms with Crippen molar-refractivity contribution in [2.45, 2.75) is 45.6 Å². The van der Waals surface area contributed by atoms with Crippen molar-refractivity contribution in [3.63, 3.8) is 0 Å². The van der Waals surface area contributed by atoms with Crippen LogP contribution in [0.5, 0.6) is 0 Å². The number of halogens is 2. The van der Waals surface area contributed by atoms with Gasteiger partial charge in [-0.25, -0.2) is 8.78 Å². The van der Waals surface area contributed by atoms with E-state index in [1.807, 2.05) is 6.92 Å². The molecule has 0 bridgehead atoms. The SMILES string of the molecule is CCCCCC(O)c1c(F)ccc(C)c1F. The standard InChI is InChI=1S/C13H18F2O/c1-3-4-5-6-11(16)12-10(14)8-7-9(2)13(12)15/h7-8,11,16H,3-6H2,1-2H3. The molecule has 0 spiro atoms. The topological polar surface area (TPSA) is 20.2 Å². The fourth-order valence-electron chi connectivity index (χ4n) is 1.72. The molecule has 1 rings (SSSR count). The van der Waals surface area contributed by atoms with Crippen LogP contribution in [-0.4, -0.2) is 5.11 Å². The Labute approximate surface area is 95.1 Å². The van der Waals surface area contributed by atoms with Crippen LogP contribution in [0.4, 0.5) is 8.78 Å². The van der Waals surface area contributed by atoms with Crippen molar-refractivity contribution in [2.24, 2.45) is 0 Å². The van der Waals surface area contributed by atoms with E-state index in [9.17, 15) is 13.9 Å². The molecule has 0 heterocycles. The minimum Gasteiger partial charge on any atom is -0.388 e. The Morgan fingerprint density at radius 2 is 1.94 bits per heavy atom. The van der Waals surface area contributed by atoms with Crippen LogP contribution < -0.4 is 0 Å². The molecule has 3 heteroatoms. The van der Waals surface area contributed by atoms with Crippen molar-refractivity contribution in [2.75, 3.05) is 0 Å². The first-order valence-electron chi connectivity index (χ1n) is 5.70. The second-order valence-electron chi connectivity index (χ2n) is 4.10. The van der Waals surface area contributed by atoms with Crippen LogP contribution in [0, 0.1) is 18.6 Å². The molecule has 1 nitrogen and oxygen atoms in total. The Bertz CT molecular complexity index is 350. The number of aryl methyl sites for hydroxylation is 1. The monoisotopic (exact) mass is 228 g/mol. The lowest BCUT2D eigenvalue weighted by Crippen LogP contribution is -2.05. The quantitative estimate of drug-likeness (QED) is 0.758. The predicted octanol–water partition coefficient (Wildman–Crippen LogP) is 3.89. The fraction of sp³-hybridized carbons (Fsp3) is 0.538. The van der Waals surface area contributed by atoms with Crippen LogP contribution in [0.25, 0.3) is 0 Å². The van der Waals surface area contributed by atoms with Gasteiger partial charge in [0.2, 0.25) is 0 Å². The molecule has 0 aliphatic heterocycles. The van der Waals surface area contributed by atoms with Gasteiger partial charge in [-0.1, -0.05) is 32.3 Å². The maximum absolute atomic E-state index is 13.6. The number of unbranched alkanes of at least 4 members (excludes halogenated alkanes) is 2. The van der Waals surface area contributed by atoms with E-state index in [1.165, 1.54) is 12.1 Å². The molecule has 0 saturated carbocycles. The molecular formula is C13H18F2O. The molecule has 16 heavy (non-hydrogen) atoms. The smallest absolute Gasteiger partial charge is 0.134 e. The van der Waals surface area contributed by atoms with Gasteiger partial charge in [-0.05, 0) is 25.0 Å². The summed E-state index contributed by atoms with van der Waals surface area (Å²) in [7, 11) is 0. The van der Waals surface area contributed by atoms with Gasteiger partial charge in [-0.15, -0.1) is 0 Å². The summed E-state index contributed by atoms with van der Waals surface area (Å²) in [6, 6.07) is 2.59. The molecule has 0 aliphatic rings. The zero-order chi connectivity index (χ0) is 12.1. The minimum atomic E-state index is -1.04. The number of rotatable bonds is 5. The molecule has 0 saturated heterocycles. The molecule has 1 aromatic rings. The summed E-state index contributed by atoms with van der Waals surface area (Å²) < 4.78 is 27.0. The van der Waals surface area contributed by atoms with Gasteiger partial charge in [0.15, 0.2) is 0 Å². The number of hydrogen-bond acceptors (Lipinski definition) is 1. The predicted molar refractivity (Wildman–Crippen MR) is 60.2 cm³/mol. The molecule has 90 valence electrons. The largest absolute Gasteiger partial charge is 0.388 e. The second-order valence-corrected chi connectivity index (χ2v) is 4.10. The molecule has 0 radical (unpaired) electrons. The van der Waals surface area contributed by atoms with Gasteiger partial charge >= 0.3 is 0 Å². The Hall–Kier alpha value is -0.960. The highest BCUT2D eigenvalue weighted by molar-refractivity contribution is 5.28. The first-order chi connectivity index (χ1) is 7.57. The van der Waals surface area contributed by atoms with Gasteiger partial charge in [0.1, 0.15) is 11.6 Å². The molecule has 1 unspecified atom stereocenters. The van der Waals surface area contributed by atoms with E-state index in [1.54, 1.807) is 6.92 Å². The Balaban J connectivity index is 2.81. The van der Waals surface area contributed by atoms with Crippen molar-refractivity contribution in [3.05, 3.63) is 34.9 Å². The highest BCUT2D eigenvalue weighted by Gasteiger charge is 2.18. The Morgan fingerprint density at radius 3 is 2.56 bits per heavy atom. The van der Waals surface area contributed by atoms with Crippen molar-refractivity contribution < 1.29 is 13.9 Å². The highest BCUT2D eigenvalue weighted by Crippen LogP contribution is 2.26. The number of benzene rings is 1. The fourth-order valence-corrected chi connectivity index (χ4v) is 1.72. The molecule has 0 fully saturated rings. The second kappa shape index (κ2) is 5.94. The molecule has 1 aromatic carbocycles. The number of hydrogen-bond donors (Lipinski definition) is 1. The van der Waals surface area contributed by atoms with E-state index in [2.05, 4.69) is 0 Å². The first kappa shape index (κ1) is 13.1. The molecule has 0 aromatic heterocycles. The summed E-state index contributed by atoms with van der Waals surface area (Å²) in [6.07, 6.45) is 2.14. The van der Waals surface area contributed by atoms with Gasteiger partial charge < -0.3 is 5.11 Å². The summed E-state index contributed by atoms with van der Waals surface area (Å²) in [6.45, 7) is 3.61. The lowest BCUT2D eigenvalue weighted by molar-refractivity contribution is 0.154. The van der Waals surface area contributed by atoms with E-state index >= 15 is 0 Å². The third kappa shape index (κ3) is 3.01. The molecule has 0 amide bonds. The van der Waals surface area contributed by atoms with E-state index in [-0.39, 0.29) is 5.56 Å².